The molecule has 0 atom stereocenters. The molecule has 0 rings (SSSR count). The number of hydrogen-bond donors (Lipinski definition) is 0. The molecule has 0 N–H and O–H groups in total. The Hall–Kier alpha value is -1.76. The topological polar surface area (TPSA) is 52.6 Å². The predicted octanol–water partition coefficient (Wildman–Crippen LogP) is 2.87. The molecule has 0 unspecified atom stereocenters. The average molecular weight is 280 g/mol. The van der Waals surface area contributed by atoms with Crippen LogP contribution in [0.4, 0.5) is 0 Å². The first-order valence-electron chi connectivity index (χ1n) is 6.97. The van der Waals surface area contributed by atoms with Crippen LogP contribution in [0.3, 0.4) is 0 Å². The largest absolute Gasteiger partial charge is 0.465 e. The SMILES string of the molecule is C#CCCCC(CCC=C)(C(=O)OCC)C(=O)OCC. The standard InChI is InChI=1S/C16H24O4/c1-5-9-11-13-16(12-10-6-2,14(17)19-7-3)15(18)20-8-4/h1,6H,2,7-13H2,3-4H3. The zero-order chi connectivity index (χ0) is 15.4. The molecule has 112 valence electrons. The van der Waals surface area contributed by atoms with Gasteiger partial charge in [-0.2, -0.15) is 0 Å². The molecule has 0 amide bonds. The molecule has 4 heteroatoms. The van der Waals surface area contributed by atoms with Crippen molar-refractivity contribution in [1.29, 1.82) is 0 Å². The first-order chi connectivity index (χ1) is 9.58. The molecule has 0 saturated heterocycles. The molecule has 0 aliphatic heterocycles. The summed E-state index contributed by atoms with van der Waals surface area (Å²) in [5.74, 6) is 1.45. The lowest BCUT2D eigenvalue weighted by Crippen LogP contribution is -2.42. The number of carbonyl (C=O) groups is 2. The summed E-state index contributed by atoms with van der Waals surface area (Å²) in [5, 5.41) is 0. The van der Waals surface area contributed by atoms with E-state index in [0.717, 1.165) is 0 Å². The van der Waals surface area contributed by atoms with Crippen molar-refractivity contribution < 1.29 is 19.1 Å². The maximum Gasteiger partial charge on any atom is 0.323 e. The third-order valence-corrected chi connectivity index (χ3v) is 3.03. The third-order valence-electron chi connectivity index (χ3n) is 3.03. The number of rotatable bonds is 10. The lowest BCUT2D eigenvalue weighted by atomic mass is 9.78. The van der Waals surface area contributed by atoms with E-state index in [1.54, 1.807) is 19.9 Å². The third kappa shape index (κ3) is 5.08. The molecule has 0 spiro atoms. The van der Waals surface area contributed by atoms with Crippen LogP contribution in [0.1, 0.15) is 46.0 Å². The molecular weight excluding hydrogens is 256 g/mol. The average Bonchev–Trinajstić information content (AvgIpc) is 2.43. The highest BCUT2D eigenvalue weighted by atomic mass is 16.6. The number of esters is 2. The minimum atomic E-state index is -1.27. The first kappa shape index (κ1) is 18.2. The van der Waals surface area contributed by atoms with Gasteiger partial charge in [-0.1, -0.05) is 6.08 Å². The first-order valence-corrected chi connectivity index (χ1v) is 6.97. The summed E-state index contributed by atoms with van der Waals surface area (Å²) in [6.45, 7) is 7.51. The Labute approximate surface area is 121 Å². The Balaban J connectivity index is 5.25. The highest BCUT2D eigenvalue weighted by Crippen LogP contribution is 2.34. The van der Waals surface area contributed by atoms with E-state index in [1.807, 2.05) is 0 Å². The van der Waals surface area contributed by atoms with E-state index in [1.165, 1.54) is 0 Å². The van der Waals surface area contributed by atoms with Gasteiger partial charge < -0.3 is 9.47 Å². The zero-order valence-electron chi connectivity index (χ0n) is 12.4. The minimum Gasteiger partial charge on any atom is -0.465 e. The molecule has 0 fully saturated rings. The summed E-state index contributed by atoms with van der Waals surface area (Å²) in [5.41, 5.74) is -1.27. The Morgan fingerprint density at radius 1 is 1.20 bits per heavy atom. The molecule has 20 heavy (non-hydrogen) atoms. The molecule has 0 aromatic rings. The number of unbranched alkanes of at least 4 members (excludes halogenated alkanes) is 1. The molecule has 0 aromatic carbocycles. The van der Waals surface area contributed by atoms with Gasteiger partial charge in [0.05, 0.1) is 13.2 Å². The van der Waals surface area contributed by atoms with Crippen LogP contribution < -0.4 is 0 Å². The molecule has 0 aromatic heterocycles. The van der Waals surface area contributed by atoms with Crippen molar-refractivity contribution in [1.82, 2.24) is 0 Å². The van der Waals surface area contributed by atoms with Crippen LogP contribution in [0.25, 0.3) is 0 Å². The Morgan fingerprint density at radius 3 is 2.15 bits per heavy atom. The van der Waals surface area contributed by atoms with Gasteiger partial charge in [-0.15, -0.1) is 18.9 Å². The van der Waals surface area contributed by atoms with Crippen LogP contribution in [0, 0.1) is 17.8 Å². The molecule has 0 heterocycles. The van der Waals surface area contributed by atoms with Crippen molar-refractivity contribution in [3.8, 4) is 12.3 Å². The van der Waals surface area contributed by atoms with Gasteiger partial charge in [0.15, 0.2) is 5.41 Å². The zero-order valence-corrected chi connectivity index (χ0v) is 12.4. The maximum atomic E-state index is 12.3. The Kier molecular flexibility index (Phi) is 9.19. The van der Waals surface area contributed by atoms with Gasteiger partial charge in [-0.05, 0) is 39.5 Å². The fourth-order valence-electron chi connectivity index (χ4n) is 2.00. The van der Waals surface area contributed by atoms with E-state index in [9.17, 15) is 9.59 Å². The van der Waals surface area contributed by atoms with Crippen LogP contribution >= 0.6 is 0 Å². The predicted molar refractivity (Wildman–Crippen MR) is 77.8 cm³/mol. The summed E-state index contributed by atoms with van der Waals surface area (Å²) in [7, 11) is 0. The van der Waals surface area contributed by atoms with E-state index in [-0.39, 0.29) is 13.2 Å². The van der Waals surface area contributed by atoms with Crippen LogP contribution in [-0.2, 0) is 19.1 Å². The summed E-state index contributed by atoms with van der Waals surface area (Å²) < 4.78 is 10.2. The molecule has 0 radical (unpaired) electrons. The maximum absolute atomic E-state index is 12.3. The number of allylic oxidation sites excluding steroid dienone is 1. The van der Waals surface area contributed by atoms with Crippen molar-refractivity contribution in [3.05, 3.63) is 12.7 Å². The minimum absolute atomic E-state index is 0.225. The van der Waals surface area contributed by atoms with E-state index >= 15 is 0 Å². The van der Waals surface area contributed by atoms with Crippen LogP contribution in [-0.4, -0.2) is 25.2 Å². The smallest absolute Gasteiger partial charge is 0.323 e. The number of terminal acetylenes is 1. The van der Waals surface area contributed by atoms with Gasteiger partial charge in [0.25, 0.3) is 0 Å². The van der Waals surface area contributed by atoms with Crippen molar-refractivity contribution >= 4 is 11.9 Å². The van der Waals surface area contributed by atoms with E-state index in [4.69, 9.17) is 15.9 Å². The molecule has 4 nitrogen and oxygen atoms in total. The van der Waals surface area contributed by atoms with Crippen molar-refractivity contribution in [2.75, 3.05) is 13.2 Å². The number of hydrogen-bond acceptors (Lipinski definition) is 4. The van der Waals surface area contributed by atoms with Crippen LogP contribution in [0.5, 0.6) is 0 Å². The second kappa shape index (κ2) is 10.1. The lowest BCUT2D eigenvalue weighted by molar-refractivity contribution is -0.173. The van der Waals surface area contributed by atoms with Gasteiger partial charge in [0.1, 0.15) is 0 Å². The van der Waals surface area contributed by atoms with Crippen molar-refractivity contribution in [2.24, 2.45) is 5.41 Å². The summed E-state index contributed by atoms with van der Waals surface area (Å²) in [6.07, 6.45) is 9.19. The highest BCUT2D eigenvalue weighted by molar-refractivity contribution is 6.00. The van der Waals surface area contributed by atoms with Gasteiger partial charge in [-0.3, -0.25) is 9.59 Å². The molecule has 0 aliphatic rings. The lowest BCUT2D eigenvalue weighted by Gasteiger charge is -2.28. The Morgan fingerprint density at radius 2 is 1.75 bits per heavy atom. The van der Waals surface area contributed by atoms with Gasteiger partial charge in [-0.25, -0.2) is 0 Å². The van der Waals surface area contributed by atoms with E-state index in [2.05, 4.69) is 12.5 Å². The van der Waals surface area contributed by atoms with Crippen LogP contribution in [0.15, 0.2) is 12.7 Å². The van der Waals surface area contributed by atoms with Gasteiger partial charge >= 0.3 is 11.9 Å². The van der Waals surface area contributed by atoms with E-state index in [0.29, 0.717) is 32.1 Å². The quantitative estimate of drug-likeness (QED) is 0.203. The van der Waals surface area contributed by atoms with Gasteiger partial charge in [0.2, 0.25) is 0 Å². The van der Waals surface area contributed by atoms with E-state index < -0.39 is 17.4 Å². The Bertz CT molecular complexity index is 347. The second-order valence-electron chi connectivity index (χ2n) is 4.41. The highest BCUT2D eigenvalue weighted by Gasteiger charge is 2.47. The molecular formula is C16H24O4. The second-order valence-corrected chi connectivity index (χ2v) is 4.41. The fourth-order valence-corrected chi connectivity index (χ4v) is 2.00. The van der Waals surface area contributed by atoms with Crippen molar-refractivity contribution in [2.45, 2.75) is 46.0 Å². The normalized spacial score (nSPS) is 10.4. The number of carbonyl (C=O) groups excluding carboxylic acids is 2. The summed E-state index contributed by atoms with van der Waals surface area (Å²) >= 11 is 0. The van der Waals surface area contributed by atoms with Gasteiger partial charge in [0, 0.05) is 6.42 Å². The molecule has 0 bridgehead atoms. The fraction of sp³-hybridized carbons (Fsp3) is 0.625. The molecule has 0 saturated carbocycles. The van der Waals surface area contributed by atoms with Crippen LogP contribution in [0.2, 0.25) is 0 Å². The number of ether oxygens (including phenoxy) is 2. The summed E-state index contributed by atoms with van der Waals surface area (Å²) in [6, 6.07) is 0. The summed E-state index contributed by atoms with van der Waals surface area (Å²) in [4.78, 5) is 24.5. The molecule has 0 aliphatic carbocycles. The monoisotopic (exact) mass is 280 g/mol. The van der Waals surface area contributed by atoms with Crippen molar-refractivity contribution in [3.63, 3.8) is 0 Å².